The Morgan fingerprint density at radius 1 is 1.37 bits per heavy atom. The molecular formula is C23H28N2O5. The van der Waals surface area contributed by atoms with Crippen molar-refractivity contribution in [3.8, 4) is 0 Å². The van der Waals surface area contributed by atoms with E-state index in [0.29, 0.717) is 18.2 Å². The minimum atomic E-state index is -0.928. The highest BCUT2D eigenvalue weighted by molar-refractivity contribution is 5.96. The van der Waals surface area contributed by atoms with Crippen LogP contribution in [0.25, 0.3) is 0 Å². The van der Waals surface area contributed by atoms with Crippen molar-refractivity contribution in [1.29, 1.82) is 0 Å². The number of carbonyl (C=O) groups excluding carboxylic acids is 3. The van der Waals surface area contributed by atoms with Crippen LogP contribution in [-0.2, 0) is 19.1 Å². The fraction of sp³-hybridized carbons (Fsp3) is 0.609. The van der Waals surface area contributed by atoms with E-state index in [4.69, 9.17) is 9.15 Å². The highest BCUT2D eigenvalue weighted by Gasteiger charge is 2.74. The molecule has 0 aliphatic carbocycles. The van der Waals surface area contributed by atoms with Crippen LogP contribution in [0.15, 0.2) is 35.0 Å². The average molecular weight is 412 g/mol. The zero-order chi connectivity index (χ0) is 21.2. The molecule has 7 heteroatoms. The number of Topliss-reactive ketones (excluding diaryl/α,β-unsaturated/α-hetero) is 1. The summed E-state index contributed by atoms with van der Waals surface area (Å²) in [4.78, 5) is 41.5. The molecule has 0 unspecified atom stereocenters. The molecule has 30 heavy (non-hydrogen) atoms. The number of hydrogen-bond donors (Lipinski definition) is 1. The molecule has 1 aromatic heterocycles. The van der Waals surface area contributed by atoms with Crippen LogP contribution in [0, 0.1) is 23.7 Å². The molecule has 160 valence electrons. The summed E-state index contributed by atoms with van der Waals surface area (Å²) in [7, 11) is 0. The van der Waals surface area contributed by atoms with Gasteiger partial charge in [-0.2, -0.15) is 0 Å². The topological polar surface area (TPSA) is 88.8 Å². The molecule has 2 amide bonds. The maximum atomic E-state index is 13.7. The molecule has 4 aliphatic rings. The van der Waals surface area contributed by atoms with E-state index in [2.05, 4.69) is 19.2 Å². The van der Waals surface area contributed by atoms with Crippen LogP contribution in [0.3, 0.4) is 0 Å². The predicted octanol–water partition coefficient (Wildman–Crippen LogP) is 2.24. The van der Waals surface area contributed by atoms with Crippen molar-refractivity contribution < 1.29 is 23.5 Å². The molecule has 0 radical (unpaired) electrons. The summed E-state index contributed by atoms with van der Waals surface area (Å²) in [5.41, 5.74) is -0.928. The third kappa shape index (κ3) is 2.57. The molecule has 1 spiro atoms. The second kappa shape index (κ2) is 6.80. The summed E-state index contributed by atoms with van der Waals surface area (Å²) >= 11 is 0. The van der Waals surface area contributed by atoms with Crippen LogP contribution < -0.4 is 5.32 Å². The lowest BCUT2D eigenvalue weighted by Gasteiger charge is -2.43. The van der Waals surface area contributed by atoms with Gasteiger partial charge in [-0.05, 0) is 24.5 Å². The number of rotatable bonds is 5. The Bertz CT molecular complexity index is 907. The largest absolute Gasteiger partial charge is 0.467 e. The van der Waals surface area contributed by atoms with Gasteiger partial charge in [-0.25, -0.2) is 0 Å². The number of ketones is 1. The molecule has 3 saturated heterocycles. The van der Waals surface area contributed by atoms with Gasteiger partial charge in [0, 0.05) is 18.9 Å². The van der Waals surface area contributed by atoms with Crippen LogP contribution in [0.4, 0.5) is 0 Å². The fourth-order valence-electron chi connectivity index (χ4n) is 5.86. The molecular weight excluding hydrogens is 384 g/mol. The van der Waals surface area contributed by atoms with Crippen LogP contribution in [0.1, 0.15) is 45.4 Å². The van der Waals surface area contributed by atoms with E-state index >= 15 is 0 Å². The van der Waals surface area contributed by atoms with Gasteiger partial charge < -0.3 is 19.4 Å². The standard InChI is InChI=1S/C23H28N2O5/c1-12(2)7-9-24-21(27)18-17-6-8-23(30-17)19(18)22(28)25-14(16-5-4-10-29-16)11-15(26)13(3)20(23)25/h4-6,8,10,12-14,17-20H,7,9,11H2,1-3H3,(H,24,27)/t13-,14-,17+,18-,19-,20+,23-/m1/s1. The molecule has 4 aliphatic heterocycles. The van der Waals surface area contributed by atoms with Crippen molar-refractivity contribution >= 4 is 17.6 Å². The molecule has 3 fully saturated rings. The first kappa shape index (κ1) is 19.5. The van der Waals surface area contributed by atoms with Crippen molar-refractivity contribution in [3.63, 3.8) is 0 Å². The number of ether oxygens (including phenoxy) is 1. The number of carbonyl (C=O) groups is 3. The Kier molecular flexibility index (Phi) is 4.43. The number of piperidine rings is 1. The Morgan fingerprint density at radius 2 is 2.17 bits per heavy atom. The molecule has 1 aromatic rings. The quantitative estimate of drug-likeness (QED) is 0.750. The molecule has 0 saturated carbocycles. The van der Waals surface area contributed by atoms with Gasteiger partial charge in [-0.15, -0.1) is 0 Å². The normalized spacial score (nSPS) is 39.0. The van der Waals surface area contributed by atoms with Crippen LogP contribution >= 0.6 is 0 Å². The molecule has 7 nitrogen and oxygen atoms in total. The smallest absolute Gasteiger partial charge is 0.230 e. The Morgan fingerprint density at radius 3 is 2.87 bits per heavy atom. The Labute approximate surface area is 175 Å². The first-order valence-corrected chi connectivity index (χ1v) is 10.9. The lowest BCUT2D eigenvalue weighted by atomic mass is 9.70. The fourth-order valence-corrected chi connectivity index (χ4v) is 5.86. The van der Waals surface area contributed by atoms with E-state index in [0.717, 1.165) is 6.42 Å². The second-order valence-corrected chi connectivity index (χ2v) is 9.45. The number of hydrogen-bond acceptors (Lipinski definition) is 5. The first-order chi connectivity index (χ1) is 14.3. The van der Waals surface area contributed by atoms with Crippen LogP contribution in [0.5, 0.6) is 0 Å². The van der Waals surface area contributed by atoms with E-state index in [1.54, 1.807) is 23.3 Å². The maximum Gasteiger partial charge on any atom is 0.230 e. The third-order valence-corrected chi connectivity index (χ3v) is 7.28. The Balaban J connectivity index is 1.49. The van der Waals surface area contributed by atoms with Gasteiger partial charge in [0.15, 0.2) is 0 Å². The zero-order valence-corrected chi connectivity index (χ0v) is 17.5. The van der Waals surface area contributed by atoms with Gasteiger partial charge in [0.2, 0.25) is 11.8 Å². The summed E-state index contributed by atoms with van der Waals surface area (Å²) in [6, 6.07) is 2.68. The van der Waals surface area contributed by atoms with Crippen LogP contribution in [-0.4, -0.2) is 46.8 Å². The van der Waals surface area contributed by atoms with Gasteiger partial charge in [0.1, 0.15) is 17.1 Å². The zero-order valence-electron chi connectivity index (χ0n) is 17.5. The summed E-state index contributed by atoms with van der Waals surface area (Å²) in [5.74, 6) is -0.628. The van der Waals surface area contributed by atoms with Gasteiger partial charge in [0.25, 0.3) is 0 Å². The lowest BCUT2D eigenvalue weighted by Crippen LogP contribution is -2.55. The molecule has 5 heterocycles. The van der Waals surface area contributed by atoms with E-state index < -0.39 is 35.6 Å². The highest BCUT2D eigenvalue weighted by atomic mass is 16.5. The molecule has 1 N–H and O–H groups in total. The molecule has 5 rings (SSSR count). The number of fused-ring (bicyclic) bond motifs is 2. The van der Waals surface area contributed by atoms with Crippen molar-refractivity contribution in [2.24, 2.45) is 23.7 Å². The predicted molar refractivity (Wildman–Crippen MR) is 107 cm³/mol. The van der Waals surface area contributed by atoms with Gasteiger partial charge in [-0.3, -0.25) is 14.4 Å². The minimum Gasteiger partial charge on any atom is -0.467 e. The van der Waals surface area contributed by atoms with Crippen molar-refractivity contribution in [2.45, 2.75) is 57.4 Å². The number of amides is 2. The highest BCUT2D eigenvalue weighted by Crippen LogP contribution is 2.59. The van der Waals surface area contributed by atoms with Gasteiger partial charge in [0.05, 0.1) is 36.3 Å². The van der Waals surface area contributed by atoms with E-state index in [1.807, 2.05) is 19.1 Å². The SMILES string of the molecule is CC(C)CCNC(=O)[C@@H]1[C@@H]2C=C[C@]3(O2)[C@@H]2[C@H](C)C(=O)C[C@H](c4ccco4)N2C(=O)[C@@H]13. The number of nitrogens with one attached hydrogen (secondary N) is 1. The van der Waals surface area contributed by atoms with Gasteiger partial charge >= 0.3 is 0 Å². The molecule has 7 atom stereocenters. The van der Waals surface area contributed by atoms with Crippen molar-refractivity contribution in [1.82, 2.24) is 10.2 Å². The average Bonchev–Trinajstić information content (AvgIpc) is 3.46. The lowest BCUT2D eigenvalue weighted by molar-refractivity contribution is -0.148. The summed E-state index contributed by atoms with van der Waals surface area (Å²) < 4.78 is 11.9. The van der Waals surface area contributed by atoms with Crippen molar-refractivity contribution in [2.75, 3.05) is 6.54 Å². The molecule has 0 aromatic carbocycles. The summed E-state index contributed by atoms with van der Waals surface area (Å²) in [5, 5.41) is 3.00. The Hall–Kier alpha value is -2.41. The summed E-state index contributed by atoms with van der Waals surface area (Å²) in [6.07, 6.45) is 6.05. The van der Waals surface area contributed by atoms with Crippen LogP contribution in [0.2, 0.25) is 0 Å². The number of furan rings is 1. The maximum absolute atomic E-state index is 13.7. The first-order valence-electron chi connectivity index (χ1n) is 10.9. The monoisotopic (exact) mass is 412 g/mol. The number of nitrogens with zero attached hydrogens (tertiary/aromatic N) is 1. The van der Waals surface area contributed by atoms with E-state index in [-0.39, 0.29) is 29.9 Å². The second-order valence-electron chi connectivity index (χ2n) is 9.45. The van der Waals surface area contributed by atoms with E-state index in [1.165, 1.54) is 0 Å². The summed E-state index contributed by atoms with van der Waals surface area (Å²) in [6.45, 7) is 6.66. The minimum absolute atomic E-state index is 0.0887. The van der Waals surface area contributed by atoms with Crippen molar-refractivity contribution in [3.05, 3.63) is 36.3 Å². The third-order valence-electron chi connectivity index (χ3n) is 7.28. The van der Waals surface area contributed by atoms with Gasteiger partial charge in [-0.1, -0.05) is 32.9 Å². The van der Waals surface area contributed by atoms with E-state index in [9.17, 15) is 14.4 Å². The molecule has 2 bridgehead atoms.